The number of amides is 1. The van der Waals surface area contributed by atoms with Crippen LogP contribution in [0.3, 0.4) is 0 Å². The van der Waals surface area contributed by atoms with Crippen LogP contribution >= 0.6 is 0 Å². The molecule has 1 aromatic rings. The zero-order chi connectivity index (χ0) is 14.8. The average Bonchev–Trinajstić information content (AvgIpc) is 2.79. The molecule has 112 valence electrons. The molecule has 20 heavy (non-hydrogen) atoms. The lowest BCUT2D eigenvalue weighted by Crippen LogP contribution is -2.34. The summed E-state index contributed by atoms with van der Waals surface area (Å²) >= 11 is 0. The third-order valence-electron chi connectivity index (χ3n) is 3.35. The Bertz CT molecular complexity index is 588. The van der Waals surface area contributed by atoms with Crippen molar-refractivity contribution in [1.82, 2.24) is 9.88 Å². The van der Waals surface area contributed by atoms with Crippen LogP contribution in [-0.2, 0) is 21.8 Å². The number of carbonyl (C=O) groups is 1. The van der Waals surface area contributed by atoms with E-state index < -0.39 is 10.0 Å². The van der Waals surface area contributed by atoms with Crippen LogP contribution in [0.5, 0.6) is 0 Å². The number of primary sulfonamides is 1. The summed E-state index contributed by atoms with van der Waals surface area (Å²) in [6.07, 6.45) is 3.35. The van der Waals surface area contributed by atoms with Gasteiger partial charge in [0.15, 0.2) is 0 Å². The second-order valence-electron chi connectivity index (χ2n) is 5.01. The number of aryl methyl sites for hydroxylation is 1. The second kappa shape index (κ2) is 5.94. The van der Waals surface area contributed by atoms with Crippen molar-refractivity contribution in [3.8, 4) is 0 Å². The van der Waals surface area contributed by atoms with Crippen molar-refractivity contribution in [3.63, 3.8) is 0 Å². The summed E-state index contributed by atoms with van der Waals surface area (Å²) in [5, 5.41) is 7.84. The highest BCUT2D eigenvalue weighted by atomic mass is 32.2. The maximum atomic E-state index is 12.0. The molecule has 0 aliphatic carbocycles. The Kier molecular flexibility index (Phi) is 4.46. The van der Waals surface area contributed by atoms with Gasteiger partial charge in [0.1, 0.15) is 10.6 Å². The van der Waals surface area contributed by atoms with Crippen molar-refractivity contribution in [2.24, 2.45) is 18.1 Å². The van der Waals surface area contributed by atoms with E-state index in [1.807, 2.05) is 0 Å². The summed E-state index contributed by atoms with van der Waals surface area (Å²) in [6, 6.07) is 1.28. The van der Waals surface area contributed by atoms with Crippen LogP contribution < -0.4 is 10.5 Å². The minimum atomic E-state index is -3.79. The number of nitrogens with zero attached hydrogens (tertiary/aromatic N) is 1. The maximum absolute atomic E-state index is 12.0. The van der Waals surface area contributed by atoms with Gasteiger partial charge in [0.2, 0.25) is 10.0 Å². The Morgan fingerprint density at radius 2 is 2.35 bits per heavy atom. The van der Waals surface area contributed by atoms with Gasteiger partial charge in [-0.3, -0.25) is 4.79 Å². The molecule has 0 saturated carbocycles. The van der Waals surface area contributed by atoms with Gasteiger partial charge in [-0.05, 0) is 24.8 Å². The first-order valence-electron chi connectivity index (χ1n) is 6.43. The lowest BCUT2D eigenvalue weighted by molar-refractivity contribution is 0.0535. The van der Waals surface area contributed by atoms with Crippen molar-refractivity contribution in [2.75, 3.05) is 19.8 Å². The predicted octanol–water partition coefficient (Wildman–Crippen LogP) is -0.171. The van der Waals surface area contributed by atoms with Gasteiger partial charge in [0.25, 0.3) is 5.91 Å². The Morgan fingerprint density at radius 1 is 1.60 bits per heavy atom. The lowest BCUT2D eigenvalue weighted by Gasteiger charge is -2.22. The summed E-state index contributed by atoms with van der Waals surface area (Å²) in [4.78, 5) is 12.0. The minimum absolute atomic E-state index is 0.0638. The quantitative estimate of drug-likeness (QED) is 0.805. The molecule has 2 heterocycles. The first kappa shape index (κ1) is 15.0. The first-order valence-corrected chi connectivity index (χ1v) is 7.97. The van der Waals surface area contributed by atoms with Gasteiger partial charge in [-0.15, -0.1) is 0 Å². The molecule has 1 unspecified atom stereocenters. The van der Waals surface area contributed by atoms with Crippen LogP contribution in [0.4, 0.5) is 0 Å². The predicted molar refractivity (Wildman–Crippen MR) is 72.7 cm³/mol. The number of carbonyl (C=O) groups excluding carboxylic acids is 1. The van der Waals surface area contributed by atoms with Gasteiger partial charge in [-0.2, -0.15) is 0 Å². The molecule has 1 aliphatic heterocycles. The maximum Gasteiger partial charge on any atom is 0.267 e. The standard InChI is InChI=1S/C12H19N3O4S/c1-15-7-10(20(13,17)18)5-11(15)12(16)14-6-9-3-2-4-19-8-9/h5,7,9H,2-4,6,8H2,1H3,(H,14,16)(H2,13,17,18). The highest BCUT2D eigenvalue weighted by molar-refractivity contribution is 7.89. The summed E-state index contributed by atoms with van der Waals surface area (Å²) < 4.78 is 29.3. The molecule has 0 radical (unpaired) electrons. The van der Waals surface area contributed by atoms with E-state index in [1.165, 1.54) is 16.8 Å². The molecule has 1 amide bonds. The number of sulfonamides is 1. The second-order valence-corrected chi connectivity index (χ2v) is 6.57. The smallest absolute Gasteiger partial charge is 0.267 e. The molecule has 0 spiro atoms. The molecular formula is C12H19N3O4S. The van der Waals surface area contributed by atoms with Crippen molar-refractivity contribution >= 4 is 15.9 Å². The fraction of sp³-hybridized carbons (Fsp3) is 0.583. The van der Waals surface area contributed by atoms with Crippen LogP contribution in [0.1, 0.15) is 23.3 Å². The molecule has 1 fully saturated rings. The SMILES string of the molecule is Cn1cc(S(N)(=O)=O)cc1C(=O)NCC1CCCOC1. The van der Waals surface area contributed by atoms with E-state index in [1.54, 1.807) is 7.05 Å². The molecule has 7 nitrogen and oxygen atoms in total. The Hall–Kier alpha value is -1.38. The molecule has 8 heteroatoms. The van der Waals surface area contributed by atoms with E-state index in [-0.39, 0.29) is 16.5 Å². The zero-order valence-electron chi connectivity index (χ0n) is 11.3. The van der Waals surface area contributed by atoms with Gasteiger partial charge < -0.3 is 14.6 Å². The minimum Gasteiger partial charge on any atom is -0.381 e. The van der Waals surface area contributed by atoms with Crippen molar-refractivity contribution < 1.29 is 17.9 Å². The van der Waals surface area contributed by atoms with Crippen molar-refractivity contribution in [2.45, 2.75) is 17.7 Å². The van der Waals surface area contributed by atoms with E-state index in [0.717, 1.165) is 19.4 Å². The summed E-state index contributed by atoms with van der Waals surface area (Å²) in [6.45, 7) is 1.95. The Labute approximate surface area is 118 Å². The van der Waals surface area contributed by atoms with Crippen LogP contribution in [-0.4, -0.2) is 38.7 Å². The van der Waals surface area contributed by atoms with Crippen molar-refractivity contribution in [3.05, 3.63) is 18.0 Å². The average molecular weight is 301 g/mol. The molecule has 1 saturated heterocycles. The number of hydrogen-bond donors (Lipinski definition) is 2. The fourth-order valence-electron chi connectivity index (χ4n) is 2.21. The van der Waals surface area contributed by atoms with Gasteiger partial charge in [-0.1, -0.05) is 0 Å². The number of hydrogen-bond acceptors (Lipinski definition) is 4. The van der Waals surface area contributed by atoms with Crippen LogP contribution in [0, 0.1) is 5.92 Å². The molecule has 3 N–H and O–H groups in total. The molecule has 0 aromatic carbocycles. The van der Waals surface area contributed by atoms with Crippen LogP contribution in [0.25, 0.3) is 0 Å². The van der Waals surface area contributed by atoms with E-state index >= 15 is 0 Å². The number of nitrogens with one attached hydrogen (secondary N) is 1. The summed E-state index contributed by atoms with van der Waals surface area (Å²) in [7, 11) is -2.19. The lowest BCUT2D eigenvalue weighted by atomic mass is 10.0. The molecule has 1 aliphatic rings. The summed E-state index contributed by atoms with van der Waals surface area (Å²) in [5.74, 6) is -0.00125. The monoisotopic (exact) mass is 301 g/mol. The number of rotatable bonds is 4. The third-order valence-corrected chi connectivity index (χ3v) is 4.23. The zero-order valence-corrected chi connectivity index (χ0v) is 12.1. The van der Waals surface area contributed by atoms with Crippen molar-refractivity contribution in [1.29, 1.82) is 0 Å². The number of ether oxygens (including phenoxy) is 1. The van der Waals surface area contributed by atoms with E-state index in [9.17, 15) is 13.2 Å². The number of aromatic nitrogens is 1. The van der Waals surface area contributed by atoms with Crippen LogP contribution in [0.15, 0.2) is 17.2 Å². The van der Waals surface area contributed by atoms with E-state index in [4.69, 9.17) is 9.88 Å². The highest BCUT2D eigenvalue weighted by Gasteiger charge is 2.19. The summed E-state index contributed by atoms with van der Waals surface area (Å²) in [5.41, 5.74) is 0.269. The number of nitrogens with two attached hydrogens (primary N) is 1. The Balaban J connectivity index is 2.00. The topological polar surface area (TPSA) is 103 Å². The molecular weight excluding hydrogens is 282 g/mol. The molecule has 1 aromatic heterocycles. The van der Waals surface area contributed by atoms with Gasteiger partial charge in [0.05, 0.1) is 6.61 Å². The van der Waals surface area contributed by atoms with Gasteiger partial charge >= 0.3 is 0 Å². The highest BCUT2D eigenvalue weighted by Crippen LogP contribution is 2.14. The van der Waals surface area contributed by atoms with E-state index in [0.29, 0.717) is 19.1 Å². The first-order chi connectivity index (χ1) is 9.38. The fourth-order valence-corrected chi connectivity index (χ4v) is 2.79. The molecule has 1 atom stereocenters. The normalized spacial score (nSPS) is 19.8. The Morgan fingerprint density at radius 3 is 2.90 bits per heavy atom. The molecule has 0 bridgehead atoms. The molecule has 2 rings (SSSR count). The largest absolute Gasteiger partial charge is 0.381 e. The van der Waals surface area contributed by atoms with E-state index in [2.05, 4.69) is 5.32 Å². The van der Waals surface area contributed by atoms with Crippen LogP contribution in [0.2, 0.25) is 0 Å². The third kappa shape index (κ3) is 3.59. The van der Waals surface area contributed by atoms with Gasteiger partial charge in [0, 0.05) is 26.4 Å². The van der Waals surface area contributed by atoms with Gasteiger partial charge in [-0.25, -0.2) is 13.6 Å².